The van der Waals surface area contributed by atoms with Crippen LogP contribution in [0.2, 0.25) is 0 Å². The molecule has 1 aromatic heterocycles. The molecule has 1 aliphatic heterocycles. The fraction of sp³-hybridized carbons (Fsp3) is 0.478. The van der Waals surface area contributed by atoms with Crippen LogP contribution in [-0.4, -0.2) is 61.7 Å². The third kappa shape index (κ3) is 5.51. The van der Waals surface area contributed by atoms with Gasteiger partial charge in [-0.3, -0.25) is 9.78 Å². The minimum Gasteiger partial charge on any atom is -0.305 e. The molecule has 1 N–H and O–H groups in total. The van der Waals surface area contributed by atoms with Crippen LogP contribution < -0.4 is 4.72 Å². The number of hydrogen-bond donors (Lipinski definition) is 1. The summed E-state index contributed by atoms with van der Waals surface area (Å²) in [5, 5.41) is 0. The normalized spacial score (nSPS) is 17.3. The molecule has 0 spiro atoms. The van der Waals surface area contributed by atoms with Gasteiger partial charge in [-0.2, -0.15) is 12.7 Å². The predicted octanol–water partition coefficient (Wildman–Crippen LogP) is 2.86. The molecule has 0 saturated carbocycles. The minimum absolute atomic E-state index is 0.0523. The third-order valence-electron chi connectivity index (χ3n) is 5.92. The van der Waals surface area contributed by atoms with Crippen molar-refractivity contribution >= 4 is 16.1 Å². The minimum atomic E-state index is -3.99. The zero-order chi connectivity index (χ0) is 23.6. The number of hydrogen-bond acceptors (Lipinski definition) is 5. The number of carbonyl (C=O) groups excluding carboxylic acids is 1. The number of pyridine rings is 1. The molecule has 1 fully saturated rings. The molecule has 1 unspecified atom stereocenters. The first-order valence-corrected chi connectivity index (χ1v) is 12.1. The van der Waals surface area contributed by atoms with Gasteiger partial charge in [0.05, 0.1) is 6.42 Å². The highest BCUT2D eigenvalue weighted by Crippen LogP contribution is 2.32. The maximum Gasteiger partial charge on any atom is 0.303 e. The van der Waals surface area contributed by atoms with Crippen LogP contribution in [0, 0.1) is 12.7 Å². The Bertz CT molecular complexity index is 1100. The van der Waals surface area contributed by atoms with Gasteiger partial charge < -0.3 is 4.90 Å². The van der Waals surface area contributed by atoms with E-state index in [4.69, 9.17) is 0 Å². The van der Waals surface area contributed by atoms with Gasteiger partial charge in [-0.1, -0.05) is 13.8 Å². The summed E-state index contributed by atoms with van der Waals surface area (Å²) < 4.78 is 43.5. The van der Waals surface area contributed by atoms with E-state index in [1.54, 1.807) is 12.3 Å². The molecule has 2 heterocycles. The summed E-state index contributed by atoms with van der Waals surface area (Å²) in [5.74, 6) is -1.10. The summed E-state index contributed by atoms with van der Waals surface area (Å²) in [6, 6.07) is 6.20. The van der Waals surface area contributed by atoms with Gasteiger partial charge in [0, 0.05) is 31.5 Å². The molecule has 3 rings (SSSR count). The second-order valence-corrected chi connectivity index (χ2v) is 10.5. The number of amides is 1. The lowest BCUT2D eigenvalue weighted by atomic mass is 9.88. The van der Waals surface area contributed by atoms with E-state index in [-0.39, 0.29) is 18.4 Å². The highest BCUT2D eigenvalue weighted by molar-refractivity contribution is 7.87. The second kappa shape index (κ2) is 9.64. The van der Waals surface area contributed by atoms with Crippen molar-refractivity contribution in [1.82, 2.24) is 18.9 Å². The SMILES string of the molecule is Cc1cc(-c2cc(F)cc(C(C)C)c2CC(=O)NS(=O)(=O)N(C)C2CCN(C)C2)ccn1. The number of likely N-dealkylation sites (N-methyl/N-ethyl adjacent to an activating group) is 2. The van der Waals surface area contributed by atoms with E-state index >= 15 is 0 Å². The smallest absolute Gasteiger partial charge is 0.303 e. The summed E-state index contributed by atoms with van der Waals surface area (Å²) in [6.45, 7) is 7.09. The first-order chi connectivity index (χ1) is 15.0. The highest BCUT2D eigenvalue weighted by atomic mass is 32.2. The van der Waals surface area contributed by atoms with Crippen LogP contribution in [0.25, 0.3) is 11.1 Å². The van der Waals surface area contributed by atoms with Crippen molar-refractivity contribution in [2.24, 2.45) is 0 Å². The molecular weight excluding hydrogens is 431 g/mol. The van der Waals surface area contributed by atoms with Gasteiger partial charge in [-0.25, -0.2) is 9.11 Å². The van der Waals surface area contributed by atoms with Crippen LogP contribution in [0.1, 0.15) is 43.0 Å². The Hall–Kier alpha value is -2.36. The van der Waals surface area contributed by atoms with E-state index in [1.807, 2.05) is 33.9 Å². The molecular formula is C23H31FN4O3S. The molecule has 1 amide bonds. The molecule has 0 bridgehead atoms. The van der Waals surface area contributed by atoms with E-state index < -0.39 is 21.9 Å². The first kappa shape index (κ1) is 24.3. The molecule has 0 radical (unpaired) electrons. The van der Waals surface area contributed by atoms with Crippen molar-refractivity contribution in [1.29, 1.82) is 0 Å². The Morgan fingerprint density at radius 1 is 1.34 bits per heavy atom. The van der Waals surface area contributed by atoms with Gasteiger partial charge in [0.1, 0.15) is 5.82 Å². The maximum absolute atomic E-state index is 14.5. The molecule has 32 heavy (non-hydrogen) atoms. The lowest BCUT2D eigenvalue weighted by Crippen LogP contribution is -2.47. The van der Waals surface area contributed by atoms with Crippen molar-refractivity contribution in [3.63, 3.8) is 0 Å². The zero-order valence-corrected chi connectivity index (χ0v) is 20.0. The lowest BCUT2D eigenvalue weighted by Gasteiger charge is -2.24. The van der Waals surface area contributed by atoms with Crippen LogP contribution in [0.3, 0.4) is 0 Å². The highest BCUT2D eigenvalue weighted by Gasteiger charge is 2.32. The molecule has 2 aromatic rings. The van der Waals surface area contributed by atoms with Gasteiger partial charge in [-0.15, -0.1) is 0 Å². The number of carbonyl (C=O) groups is 1. The second-order valence-electron chi connectivity index (χ2n) is 8.79. The van der Waals surface area contributed by atoms with E-state index in [9.17, 15) is 17.6 Å². The van der Waals surface area contributed by atoms with E-state index in [0.29, 0.717) is 29.7 Å². The fourth-order valence-corrected chi connectivity index (χ4v) is 5.23. The summed E-state index contributed by atoms with van der Waals surface area (Å²) in [7, 11) is -0.567. The first-order valence-electron chi connectivity index (χ1n) is 10.7. The molecule has 1 aliphatic rings. The molecule has 9 heteroatoms. The van der Waals surface area contributed by atoms with E-state index in [2.05, 4.69) is 14.6 Å². The Balaban J connectivity index is 1.91. The summed E-state index contributed by atoms with van der Waals surface area (Å²) >= 11 is 0. The molecule has 0 aliphatic carbocycles. The molecule has 7 nitrogen and oxygen atoms in total. The Kier molecular flexibility index (Phi) is 7.32. The molecule has 174 valence electrons. The average molecular weight is 463 g/mol. The molecule has 1 saturated heterocycles. The quantitative estimate of drug-likeness (QED) is 0.684. The monoisotopic (exact) mass is 462 g/mol. The van der Waals surface area contributed by atoms with Gasteiger partial charge >= 0.3 is 10.2 Å². The van der Waals surface area contributed by atoms with Gasteiger partial charge in [0.25, 0.3) is 0 Å². The fourth-order valence-electron chi connectivity index (χ4n) is 4.16. The number of nitrogens with one attached hydrogen (secondary N) is 1. The zero-order valence-electron chi connectivity index (χ0n) is 19.2. The van der Waals surface area contributed by atoms with E-state index in [0.717, 1.165) is 17.8 Å². The topological polar surface area (TPSA) is 82.6 Å². The van der Waals surface area contributed by atoms with Crippen LogP contribution in [0.15, 0.2) is 30.5 Å². The van der Waals surface area contributed by atoms with Crippen LogP contribution in [-0.2, 0) is 21.4 Å². The van der Waals surface area contributed by atoms with Crippen molar-refractivity contribution in [3.05, 3.63) is 53.1 Å². The number of benzene rings is 1. The lowest BCUT2D eigenvalue weighted by molar-refractivity contribution is -0.118. The Morgan fingerprint density at radius 2 is 2.06 bits per heavy atom. The van der Waals surface area contributed by atoms with Crippen LogP contribution in [0.5, 0.6) is 0 Å². The predicted molar refractivity (Wildman–Crippen MR) is 123 cm³/mol. The van der Waals surface area contributed by atoms with Gasteiger partial charge in [0.15, 0.2) is 0 Å². The number of halogens is 1. The Labute approximate surface area is 189 Å². The summed E-state index contributed by atoms with van der Waals surface area (Å²) in [5.41, 5.74) is 3.35. The Morgan fingerprint density at radius 3 is 2.66 bits per heavy atom. The maximum atomic E-state index is 14.5. The number of likely N-dealkylation sites (tertiary alicyclic amines) is 1. The number of aryl methyl sites for hydroxylation is 1. The summed E-state index contributed by atoms with van der Waals surface area (Å²) in [4.78, 5) is 19.1. The van der Waals surface area contributed by atoms with Crippen molar-refractivity contribution in [2.75, 3.05) is 27.2 Å². The van der Waals surface area contributed by atoms with E-state index in [1.165, 1.54) is 23.5 Å². The number of nitrogens with zero attached hydrogens (tertiary/aromatic N) is 3. The largest absolute Gasteiger partial charge is 0.305 e. The summed E-state index contributed by atoms with van der Waals surface area (Å²) in [6.07, 6.45) is 2.16. The number of rotatable bonds is 7. The van der Waals surface area contributed by atoms with Crippen molar-refractivity contribution in [3.8, 4) is 11.1 Å². The van der Waals surface area contributed by atoms with Gasteiger partial charge in [0.2, 0.25) is 5.91 Å². The molecule has 1 aromatic carbocycles. The van der Waals surface area contributed by atoms with Gasteiger partial charge in [-0.05, 0) is 79.4 Å². The average Bonchev–Trinajstić information content (AvgIpc) is 3.13. The standard InChI is InChI=1S/C23H31FN4O3S/c1-15(2)20-11-18(24)12-21(17-6-8-25-16(3)10-17)22(20)13-23(29)26-32(30,31)28(5)19-7-9-27(4)14-19/h6,8,10-12,15,19H,7,9,13-14H2,1-5H3,(H,26,29). The molecule has 1 atom stereocenters. The van der Waals surface area contributed by atoms with Crippen molar-refractivity contribution in [2.45, 2.75) is 45.6 Å². The number of aromatic nitrogens is 1. The van der Waals surface area contributed by atoms with Crippen LogP contribution >= 0.6 is 0 Å². The van der Waals surface area contributed by atoms with Crippen LogP contribution in [0.4, 0.5) is 4.39 Å². The third-order valence-corrected chi connectivity index (χ3v) is 7.46. The van der Waals surface area contributed by atoms with Crippen molar-refractivity contribution < 1.29 is 17.6 Å².